The van der Waals surface area contributed by atoms with E-state index >= 15 is 0 Å². The number of rotatable bonds is 12. The molecule has 0 radical (unpaired) electrons. The third-order valence-corrected chi connectivity index (χ3v) is 6.37. The van der Waals surface area contributed by atoms with Gasteiger partial charge in [0, 0.05) is 35.5 Å². The van der Waals surface area contributed by atoms with Gasteiger partial charge in [-0.1, -0.05) is 49.2 Å². The van der Waals surface area contributed by atoms with Gasteiger partial charge in [0.1, 0.15) is 17.3 Å². The molecule has 0 aliphatic carbocycles. The number of aromatic amines is 2. The molecule has 0 fully saturated rings. The number of nitrogens with zero attached hydrogens (tertiary/aromatic N) is 2. The van der Waals surface area contributed by atoms with E-state index in [0.717, 1.165) is 65.9 Å². The van der Waals surface area contributed by atoms with E-state index in [0.29, 0.717) is 12.2 Å². The predicted octanol–water partition coefficient (Wildman–Crippen LogP) is 6.91. The third-order valence-electron chi connectivity index (χ3n) is 6.37. The fourth-order valence-electron chi connectivity index (χ4n) is 4.49. The number of unbranched alkanes of at least 4 members (excludes halogenated alkanes) is 3. The summed E-state index contributed by atoms with van der Waals surface area (Å²) in [4.78, 5) is 17.2. The number of aliphatic carboxylic acids is 1. The quantitative estimate of drug-likeness (QED) is 0.163. The van der Waals surface area contributed by atoms with Crippen molar-refractivity contribution in [1.29, 1.82) is 0 Å². The van der Waals surface area contributed by atoms with Crippen LogP contribution in [-0.4, -0.2) is 31.2 Å². The van der Waals surface area contributed by atoms with Crippen molar-refractivity contribution in [2.75, 3.05) is 0 Å². The van der Waals surface area contributed by atoms with Gasteiger partial charge in [-0.3, -0.25) is 4.79 Å². The van der Waals surface area contributed by atoms with Crippen LogP contribution < -0.4 is 4.74 Å². The molecule has 2 aromatic heterocycles. The average molecular weight is 495 g/mol. The van der Waals surface area contributed by atoms with Gasteiger partial charge in [0.15, 0.2) is 5.82 Å². The van der Waals surface area contributed by atoms with Gasteiger partial charge in [0.05, 0.1) is 0 Å². The zero-order valence-corrected chi connectivity index (χ0v) is 20.6. The van der Waals surface area contributed by atoms with E-state index in [1.54, 1.807) is 0 Å². The van der Waals surface area contributed by atoms with Crippen LogP contribution in [0.3, 0.4) is 0 Å². The van der Waals surface area contributed by atoms with Crippen LogP contribution in [0, 0.1) is 0 Å². The Morgan fingerprint density at radius 3 is 2.59 bits per heavy atom. The fourth-order valence-corrected chi connectivity index (χ4v) is 4.49. The molecule has 5 aromatic rings. The van der Waals surface area contributed by atoms with E-state index in [4.69, 9.17) is 9.84 Å². The predicted molar refractivity (Wildman–Crippen MR) is 144 cm³/mol. The van der Waals surface area contributed by atoms with Crippen molar-refractivity contribution in [1.82, 2.24) is 20.2 Å². The Balaban J connectivity index is 1.18. The number of H-pyrrole nitrogens is 2. The Bertz CT molecular complexity index is 1490. The molecule has 7 nitrogen and oxygen atoms in total. The molecular formula is C30H30N4O3. The topological polar surface area (TPSA) is 104 Å². The maximum Gasteiger partial charge on any atom is 0.303 e. The maximum absolute atomic E-state index is 10.6. The van der Waals surface area contributed by atoms with Gasteiger partial charge in [-0.15, -0.1) is 10.2 Å². The Hall–Kier alpha value is -4.39. The summed E-state index contributed by atoms with van der Waals surface area (Å²) in [6, 6.07) is 24.4. The normalized spacial score (nSPS) is 11.1. The van der Waals surface area contributed by atoms with Gasteiger partial charge in [-0.05, 0) is 66.8 Å². The van der Waals surface area contributed by atoms with Gasteiger partial charge >= 0.3 is 5.97 Å². The summed E-state index contributed by atoms with van der Waals surface area (Å²) >= 11 is 0. The Labute approximate surface area is 215 Å². The first-order valence-corrected chi connectivity index (χ1v) is 12.7. The number of fused-ring (bicyclic) bond motifs is 1. The molecule has 0 saturated heterocycles. The molecule has 0 aliphatic heterocycles. The number of nitrogens with one attached hydrogen (secondary N) is 2. The number of ether oxygens (including phenoxy) is 1. The van der Waals surface area contributed by atoms with Crippen LogP contribution in [0.5, 0.6) is 11.5 Å². The lowest BCUT2D eigenvalue weighted by Gasteiger charge is -2.07. The van der Waals surface area contributed by atoms with Crippen molar-refractivity contribution in [2.45, 2.75) is 44.9 Å². The van der Waals surface area contributed by atoms with Crippen molar-refractivity contribution < 1.29 is 14.6 Å². The third kappa shape index (κ3) is 6.64. The maximum atomic E-state index is 10.6. The molecule has 0 spiro atoms. The van der Waals surface area contributed by atoms with E-state index < -0.39 is 5.97 Å². The Morgan fingerprint density at radius 2 is 1.68 bits per heavy atom. The molecular weight excluding hydrogens is 464 g/mol. The lowest BCUT2D eigenvalue weighted by Crippen LogP contribution is -1.95. The summed E-state index contributed by atoms with van der Waals surface area (Å²) in [5.41, 5.74) is 4.46. The van der Waals surface area contributed by atoms with Crippen molar-refractivity contribution in [3.8, 4) is 22.9 Å². The highest BCUT2D eigenvalue weighted by Crippen LogP contribution is 2.28. The Morgan fingerprint density at radius 1 is 0.838 bits per heavy atom. The first-order valence-electron chi connectivity index (χ1n) is 12.7. The van der Waals surface area contributed by atoms with E-state index in [2.05, 4.69) is 44.4 Å². The fraction of sp³-hybridized carbons (Fsp3) is 0.233. The highest BCUT2D eigenvalue weighted by atomic mass is 16.5. The van der Waals surface area contributed by atoms with Gasteiger partial charge < -0.3 is 19.8 Å². The standard InChI is InChI=1S/C30H30N4O3/c35-29(36)12-4-2-1-3-7-21-8-5-9-22(17-21)18-28-32-30(34-33-28)24-10-6-11-25(20-24)37-26-13-14-27-23(19-26)15-16-31-27/h5-6,8-11,13-17,19-20,31H,1-4,7,12,18H2,(H,35,36)(H,32,33,34). The largest absolute Gasteiger partial charge is 0.481 e. The van der Waals surface area contributed by atoms with Crippen LogP contribution in [0.15, 0.2) is 79.0 Å². The second-order valence-electron chi connectivity index (χ2n) is 9.28. The molecule has 5 rings (SSSR count). The van der Waals surface area contributed by atoms with Crippen LogP contribution in [-0.2, 0) is 17.6 Å². The molecule has 37 heavy (non-hydrogen) atoms. The number of carboxylic acids is 1. The van der Waals surface area contributed by atoms with E-state index in [1.165, 1.54) is 11.1 Å². The summed E-state index contributed by atoms with van der Waals surface area (Å²) < 4.78 is 6.10. The van der Waals surface area contributed by atoms with Crippen LogP contribution in [0.25, 0.3) is 22.3 Å². The van der Waals surface area contributed by atoms with Crippen molar-refractivity contribution in [3.63, 3.8) is 0 Å². The molecule has 2 heterocycles. The molecule has 0 bridgehead atoms. The van der Waals surface area contributed by atoms with Gasteiger partial charge in [-0.2, -0.15) is 0 Å². The van der Waals surface area contributed by atoms with Crippen molar-refractivity contribution in [2.24, 2.45) is 0 Å². The number of aromatic nitrogens is 4. The number of hydrogen-bond donors (Lipinski definition) is 3. The molecule has 188 valence electrons. The van der Waals surface area contributed by atoms with E-state index in [1.807, 2.05) is 54.7 Å². The van der Waals surface area contributed by atoms with E-state index in [9.17, 15) is 4.79 Å². The summed E-state index contributed by atoms with van der Waals surface area (Å²) in [5.74, 6) is 2.32. The minimum absolute atomic E-state index is 0.260. The van der Waals surface area contributed by atoms with Gasteiger partial charge in [0.25, 0.3) is 0 Å². The zero-order valence-electron chi connectivity index (χ0n) is 20.6. The Kier molecular flexibility index (Phi) is 7.60. The first kappa shape index (κ1) is 24.3. The SMILES string of the molecule is O=C(O)CCCCCCc1cccc(Cc2nnc(-c3cccc(Oc4ccc5[nH]ccc5c4)c3)[nH]2)c1. The molecule has 3 aromatic carbocycles. The van der Waals surface area contributed by atoms with Gasteiger partial charge in [0.2, 0.25) is 0 Å². The highest BCUT2D eigenvalue weighted by Gasteiger charge is 2.09. The minimum atomic E-state index is -0.713. The average Bonchev–Trinajstić information content (AvgIpc) is 3.56. The summed E-state index contributed by atoms with van der Waals surface area (Å²) in [7, 11) is 0. The van der Waals surface area contributed by atoms with Crippen LogP contribution in [0.4, 0.5) is 0 Å². The van der Waals surface area contributed by atoms with Crippen LogP contribution >= 0.6 is 0 Å². The summed E-state index contributed by atoms with van der Waals surface area (Å²) in [5, 5.41) is 18.6. The molecule has 0 aliphatic rings. The van der Waals surface area contributed by atoms with E-state index in [-0.39, 0.29) is 6.42 Å². The molecule has 0 atom stereocenters. The molecule has 0 unspecified atom stereocenters. The number of aryl methyl sites for hydroxylation is 1. The summed E-state index contributed by atoms with van der Waals surface area (Å²) in [6.07, 6.45) is 7.66. The second-order valence-corrected chi connectivity index (χ2v) is 9.28. The van der Waals surface area contributed by atoms with Gasteiger partial charge in [-0.25, -0.2) is 0 Å². The molecule has 7 heteroatoms. The van der Waals surface area contributed by atoms with Crippen LogP contribution in [0.1, 0.15) is 49.1 Å². The number of hydrogen-bond acceptors (Lipinski definition) is 4. The minimum Gasteiger partial charge on any atom is -0.481 e. The van der Waals surface area contributed by atoms with Crippen molar-refractivity contribution in [3.05, 3.63) is 95.9 Å². The number of benzene rings is 3. The smallest absolute Gasteiger partial charge is 0.303 e. The second kappa shape index (κ2) is 11.6. The lowest BCUT2D eigenvalue weighted by atomic mass is 10.0. The first-order chi connectivity index (χ1) is 18.1. The van der Waals surface area contributed by atoms with Crippen LogP contribution in [0.2, 0.25) is 0 Å². The summed E-state index contributed by atoms with van der Waals surface area (Å²) in [6.45, 7) is 0. The molecule has 0 saturated carbocycles. The molecule has 0 amide bonds. The zero-order chi connectivity index (χ0) is 25.5. The highest BCUT2D eigenvalue weighted by molar-refractivity contribution is 5.80. The number of carbonyl (C=O) groups is 1. The lowest BCUT2D eigenvalue weighted by molar-refractivity contribution is -0.137. The van der Waals surface area contributed by atoms with Crippen molar-refractivity contribution >= 4 is 16.9 Å². The number of carboxylic acid groups (broad SMARTS) is 1. The monoisotopic (exact) mass is 494 g/mol. The molecule has 3 N–H and O–H groups in total.